The van der Waals surface area contributed by atoms with Crippen LogP contribution < -0.4 is 0 Å². The van der Waals surface area contributed by atoms with Gasteiger partial charge in [0, 0.05) is 19.8 Å². The number of thiophene rings is 1. The summed E-state index contributed by atoms with van der Waals surface area (Å²) in [5.41, 5.74) is 0. The fourth-order valence-corrected chi connectivity index (χ4v) is 3.70. The molecule has 0 aliphatic rings. The highest BCUT2D eigenvalue weighted by Crippen LogP contribution is 2.23. The first-order chi connectivity index (χ1) is 8.64. The third kappa shape index (κ3) is 3.77. The summed E-state index contributed by atoms with van der Waals surface area (Å²) in [6.45, 7) is 1.51. The van der Waals surface area contributed by atoms with Gasteiger partial charge in [-0.2, -0.15) is 0 Å². The largest absolute Gasteiger partial charge is 0.481 e. The van der Waals surface area contributed by atoms with E-state index in [4.69, 9.17) is 5.11 Å². The molecule has 0 unspecified atom stereocenters. The number of hydrogen-bond donors (Lipinski definition) is 1. The molecule has 0 bridgehead atoms. The lowest BCUT2D eigenvalue weighted by Crippen LogP contribution is -2.33. The van der Waals surface area contributed by atoms with Gasteiger partial charge in [0.15, 0.2) is 9.84 Å². The zero-order valence-electron chi connectivity index (χ0n) is 10.8. The summed E-state index contributed by atoms with van der Waals surface area (Å²) in [6.07, 6.45) is 1.03. The standard InChI is InChI=1S/C11H15NO5S2/c1-7(11(14)15)6-12(2)10(13)9-8(4-5-18-9)19(3,16)17/h4-5,7H,6H2,1-3H3,(H,14,15)/t7-/m0/s1. The van der Waals surface area contributed by atoms with E-state index >= 15 is 0 Å². The van der Waals surface area contributed by atoms with E-state index in [1.807, 2.05) is 0 Å². The van der Waals surface area contributed by atoms with Crippen LogP contribution in [0.1, 0.15) is 16.6 Å². The number of amides is 1. The van der Waals surface area contributed by atoms with Crippen molar-refractivity contribution in [2.24, 2.45) is 5.92 Å². The first-order valence-corrected chi connectivity index (χ1v) is 8.17. The summed E-state index contributed by atoms with van der Waals surface area (Å²) in [5.74, 6) is -2.20. The Bertz CT molecular complexity index is 590. The Morgan fingerprint density at radius 3 is 2.53 bits per heavy atom. The van der Waals surface area contributed by atoms with E-state index in [2.05, 4.69) is 0 Å². The molecule has 0 aromatic carbocycles. The summed E-state index contributed by atoms with van der Waals surface area (Å²) < 4.78 is 23.0. The molecule has 19 heavy (non-hydrogen) atoms. The van der Waals surface area contributed by atoms with Crippen molar-refractivity contribution >= 4 is 33.1 Å². The van der Waals surface area contributed by atoms with Crippen LogP contribution in [0.15, 0.2) is 16.3 Å². The molecule has 0 aliphatic heterocycles. The van der Waals surface area contributed by atoms with Gasteiger partial charge in [-0.25, -0.2) is 8.42 Å². The van der Waals surface area contributed by atoms with Crippen LogP contribution in [0.4, 0.5) is 0 Å². The van der Waals surface area contributed by atoms with Gasteiger partial charge >= 0.3 is 5.97 Å². The Kier molecular flexibility index (Phi) is 4.70. The van der Waals surface area contributed by atoms with Crippen molar-refractivity contribution in [3.8, 4) is 0 Å². The maximum Gasteiger partial charge on any atom is 0.308 e. The highest BCUT2D eigenvalue weighted by molar-refractivity contribution is 7.91. The molecule has 0 fully saturated rings. The lowest BCUT2D eigenvalue weighted by Gasteiger charge is -2.19. The summed E-state index contributed by atoms with van der Waals surface area (Å²) in [4.78, 5) is 24.2. The van der Waals surface area contributed by atoms with Crippen molar-refractivity contribution in [1.29, 1.82) is 0 Å². The van der Waals surface area contributed by atoms with Crippen LogP contribution in [0.2, 0.25) is 0 Å². The number of sulfone groups is 1. The fraction of sp³-hybridized carbons (Fsp3) is 0.455. The smallest absolute Gasteiger partial charge is 0.308 e. The van der Waals surface area contributed by atoms with E-state index in [-0.39, 0.29) is 16.3 Å². The van der Waals surface area contributed by atoms with E-state index < -0.39 is 27.6 Å². The topological polar surface area (TPSA) is 91.8 Å². The minimum atomic E-state index is -3.47. The van der Waals surface area contributed by atoms with Crippen LogP contribution in [0.5, 0.6) is 0 Å². The Morgan fingerprint density at radius 1 is 1.47 bits per heavy atom. The number of carboxylic acids is 1. The van der Waals surface area contributed by atoms with Gasteiger partial charge in [0.1, 0.15) is 4.88 Å². The second-order valence-electron chi connectivity index (χ2n) is 4.31. The highest BCUT2D eigenvalue weighted by Gasteiger charge is 2.24. The fourth-order valence-electron chi connectivity index (χ4n) is 1.49. The van der Waals surface area contributed by atoms with E-state index in [0.29, 0.717) is 0 Å². The van der Waals surface area contributed by atoms with Crippen molar-refractivity contribution < 1.29 is 23.1 Å². The van der Waals surface area contributed by atoms with Crippen LogP contribution in [0, 0.1) is 5.92 Å². The molecule has 1 aromatic rings. The number of carbonyl (C=O) groups is 2. The zero-order valence-corrected chi connectivity index (χ0v) is 12.4. The maximum atomic E-state index is 12.1. The molecule has 1 amide bonds. The van der Waals surface area contributed by atoms with Crippen LogP contribution in [-0.2, 0) is 14.6 Å². The normalized spacial score (nSPS) is 13.0. The summed E-state index contributed by atoms with van der Waals surface area (Å²) in [6, 6.07) is 1.38. The molecule has 0 saturated heterocycles. The molecule has 0 radical (unpaired) electrons. The number of aliphatic carboxylic acids is 1. The zero-order chi connectivity index (χ0) is 14.8. The third-order valence-corrected chi connectivity index (χ3v) is 4.71. The maximum absolute atomic E-state index is 12.1. The molecule has 8 heteroatoms. The van der Waals surface area contributed by atoms with Crippen molar-refractivity contribution in [3.63, 3.8) is 0 Å². The number of rotatable bonds is 5. The number of hydrogen-bond acceptors (Lipinski definition) is 5. The van der Waals surface area contributed by atoms with Gasteiger partial charge in [-0.15, -0.1) is 11.3 Å². The predicted molar refractivity (Wildman–Crippen MR) is 71.2 cm³/mol. The highest BCUT2D eigenvalue weighted by atomic mass is 32.2. The van der Waals surface area contributed by atoms with Gasteiger partial charge in [-0.3, -0.25) is 9.59 Å². The summed E-state index contributed by atoms with van der Waals surface area (Å²) >= 11 is 1.03. The van der Waals surface area contributed by atoms with Crippen molar-refractivity contribution in [2.45, 2.75) is 11.8 Å². The van der Waals surface area contributed by atoms with Crippen molar-refractivity contribution in [1.82, 2.24) is 4.90 Å². The van der Waals surface area contributed by atoms with E-state index in [0.717, 1.165) is 17.6 Å². The first-order valence-electron chi connectivity index (χ1n) is 5.40. The van der Waals surface area contributed by atoms with Gasteiger partial charge in [0.25, 0.3) is 5.91 Å². The molecular formula is C11H15NO5S2. The SMILES string of the molecule is C[C@@H](CN(C)C(=O)c1sccc1S(C)(=O)=O)C(=O)O. The van der Waals surface area contributed by atoms with Gasteiger partial charge in [-0.05, 0) is 11.4 Å². The molecule has 0 saturated carbocycles. The van der Waals surface area contributed by atoms with Crippen molar-refractivity contribution in [3.05, 3.63) is 16.3 Å². The van der Waals surface area contributed by atoms with Gasteiger partial charge in [0.05, 0.1) is 10.8 Å². The Morgan fingerprint density at radius 2 is 2.05 bits per heavy atom. The average molecular weight is 305 g/mol. The number of nitrogens with zero attached hydrogens (tertiary/aromatic N) is 1. The summed E-state index contributed by atoms with van der Waals surface area (Å²) in [5, 5.41) is 10.3. The molecule has 6 nitrogen and oxygen atoms in total. The first kappa shape index (κ1) is 15.6. The molecule has 1 heterocycles. The Hall–Kier alpha value is -1.41. The lowest BCUT2D eigenvalue weighted by atomic mass is 10.2. The minimum Gasteiger partial charge on any atom is -0.481 e. The predicted octanol–water partition coefficient (Wildman–Crippen LogP) is 0.944. The second kappa shape index (κ2) is 5.70. The van der Waals surface area contributed by atoms with Gasteiger partial charge in [0.2, 0.25) is 0 Å². The Balaban J connectivity index is 2.96. The Labute approximate surface area is 115 Å². The van der Waals surface area contributed by atoms with Crippen LogP contribution in [0.3, 0.4) is 0 Å². The third-order valence-electron chi connectivity index (χ3n) is 2.54. The lowest BCUT2D eigenvalue weighted by molar-refractivity contribution is -0.141. The van der Waals surface area contributed by atoms with Gasteiger partial charge < -0.3 is 10.0 Å². The quantitative estimate of drug-likeness (QED) is 0.874. The molecule has 1 aromatic heterocycles. The van der Waals surface area contributed by atoms with Crippen LogP contribution in [-0.4, -0.2) is 50.1 Å². The molecular weight excluding hydrogens is 290 g/mol. The van der Waals surface area contributed by atoms with E-state index in [1.165, 1.54) is 30.3 Å². The van der Waals surface area contributed by atoms with Gasteiger partial charge in [-0.1, -0.05) is 6.92 Å². The van der Waals surface area contributed by atoms with E-state index in [9.17, 15) is 18.0 Å². The molecule has 1 rings (SSSR count). The number of carboxylic acid groups (broad SMARTS) is 1. The summed E-state index contributed by atoms with van der Waals surface area (Å²) in [7, 11) is -2.01. The van der Waals surface area contributed by atoms with Crippen LogP contribution in [0.25, 0.3) is 0 Å². The monoisotopic (exact) mass is 305 g/mol. The minimum absolute atomic E-state index is 0.0164. The second-order valence-corrected chi connectivity index (χ2v) is 7.21. The number of carbonyl (C=O) groups excluding carboxylic acids is 1. The molecule has 0 aliphatic carbocycles. The van der Waals surface area contributed by atoms with Crippen LogP contribution >= 0.6 is 11.3 Å². The molecule has 1 N–H and O–H groups in total. The molecule has 1 atom stereocenters. The molecule has 0 spiro atoms. The average Bonchev–Trinajstić information content (AvgIpc) is 2.75. The van der Waals surface area contributed by atoms with Crippen molar-refractivity contribution in [2.75, 3.05) is 19.8 Å². The van der Waals surface area contributed by atoms with E-state index in [1.54, 1.807) is 0 Å². The molecule has 106 valence electrons.